The first kappa shape index (κ1) is 22.3. The van der Waals surface area contributed by atoms with Gasteiger partial charge in [0.25, 0.3) is 10.1 Å². The van der Waals surface area contributed by atoms with Crippen LogP contribution >= 0.6 is 0 Å². The van der Waals surface area contributed by atoms with Crippen LogP contribution in [0.1, 0.15) is 12.5 Å². The van der Waals surface area contributed by atoms with Gasteiger partial charge in [-0.3, -0.25) is 9.35 Å². The maximum absolute atomic E-state index is 13.7. The van der Waals surface area contributed by atoms with E-state index >= 15 is 0 Å². The summed E-state index contributed by atoms with van der Waals surface area (Å²) in [4.78, 5) is 10.8. The molecule has 3 aromatic rings. The van der Waals surface area contributed by atoms with Gasteiger partial charge in [0.15, 0.2) is 0 Å². The second-order valence-corrected chi connectivity index (χ2v) is 7.56. The molecule has 1 amide bonds. The van der Waals surface area contributed by atoms with Gasteiger partial charge in [0.1, 0.15) is 11.6 Å². The molecule has 8 heteroatoms. The van der Waals surface area contributed by atoms with Gasteiger partial charge < -0.3 is 10.1 Å². The van der Waals surface area contributed by atoms with E-state index in [-0.39, 0.29) is 16.6 Å². The number of rotatable bonds is 5. The lowest BCUT2D eigenvalue weighted by atomic mass is 10.0. The summed E-state index contributed by atoms with van der Waals surface area (Å²) in [6.07, 6.45) is 0.656. The van der Waals surface area contributed by atoms with Crippen LogP contribution in [0, 0.1) is 5.82 Å². The number of benzene rings is 3. The third-order valence-corrected chi connectivity index (χ3v) is 4.94. The largest absolute Gasteiger partial charge is 0.497 e. The van der Waals surface area contributed by atoms with E-state index in [2.05, 4.69) is 5.32 Å². The van der Waals surface area contributed by atoms with E-state index < -0.39 is 10.1 Å². The number of carbonyl (C=O) groups is 1. The zero-order valence-corrected chi connectivity index (χ0v) is 16.9. The molecule has 0 heterocycles. The van der Waals surface area contributed by atoms with Crippen LogP contribution in [-0.4, -0.2) is 32.5 Å². The van der Waals surface area contributed by atoms with Crippen molar-refractivity contribution in [1.82, 2.24) is 5.32 Å². The van der Waals surface area contributed by atoms with Crippen molar-refractivity contribution in [2.75, 3.05) is 13.7 Å². The van der Waals surface area contributed by atoms with E-state index in [0.717, 1.165) is 10.9 Å². The maximum Gasteiger partial charge on any atom is 0.294 e. The predicted molar refractivity (Wildman–Crippen MR) is 109 cm³/mol. The Morgan fingerprint density at radius 1 is 1.07 bits per heavy atom. The molecule has 29 heavy (non-hydrogen) atoms. The Balaban J connectivity index is 0.000000253. The van der Waals surface area contributed by atoms with Crippen molar-refractivity contribution in [2.24, 2.45) is 0 Å². The van der Waals surface area contributed by atoms with Crippen molar-refractivity contribution in [1.29, 1.82) is 0 Å². The number of halogens is 1. The summed E-state index contributed by atoms with van der Waals surface area (Å²) in [5.74, 6) is 0.379. The Labute approximate surface area is 169 Å². The number of hydrogen-bond donors (Lipinski definition) is 2. The van der Waals surface area contributed by atoms with Gasteiger partial charge in [-0.05, 0) is 53.8 Å². The van der Waals surface area contributed by atoms with Crippen molar-refractivity contribution in [3.63, 3.8) is 0 Å². The first-order valence-electron chi connectivity index (χ1n) is 8.74. The lowest BCUT2D eigenvalue weighted by Gasteiger charge is -2.09. The molecule has 3 aromatic carbocycles. The standard InChI is InChI=1S/C15H16FNO2.C6H6O3S/c1-10(18)17-8-7-11-3-6-15(16)13-5-4-12(19-2)9-14(11)13;7-10(8,9)6-4-2-1-3-5-6/h3-6,9H,7-8H2,1-2H3,(H,17,18);1-5H,(H,7,8,9). The summed E-state index contributed by atoms with van der Waals surface area (Å²) in [5, 5.41) is 4.13. The SMILES string of the molecule is COc1ccc2c(F)ccc(CCNC(C)=O)c2c1.O=S(=O)(O)c1ccccc1. The Morgan fingerprint density at radius 2 is 1.76 bits per heavy atom. The van der Waals surface area contributed by atoms with Crippen molar-refractivity contribution in [3.05, 3.63) is 72.0 Å². The quantitative estimate of drug-likeness (QED) is 0.617. The molecule has 2 N–H and O–H groups in total. The number of ether oxygens (including phenoxy) is 1. The topological polar surface area (TPSA) is 92.7 Å². The number of fused-ring (bicyclic) bond motifs is 1. The molecule has 0 radical (unpaired) electrons. The molecule has 0 saturated heterocycles. The van der Waals surface area contributed by atoms with Gasteiger partial charge in [-0.15, -0.1) is 0 Å². The molecule has 0 aliphatic carbocycles. The summed E-state index contributed by atoms with van der Waals surface area (Å²) >= 11 is 0. The molecule has 0 aliphatic rings. The van der Waals surface area contributed by atoms with E-state index in [1.807, 2.05) is 6.07 Å². The Bertz CT molecular complexity index is 1080. The van der Waals surface area contributed by atoms with Crippen LogP contribution in [0.4, 0.5) is 4.39 Å². The smallest absolute Gasteiger partial charge is 0.294 e. The fourth-order valence-corrected chi connectivity index (χ4v) is 3.16. The molecule has 0 bridgehead atoms. The molecule has 0 unspecified atom stereocenters. The Kier molecular flexibility index (Phi) is 7.69. The van der Waals surface area contributed by atoms with Crippen LogP contribution in [0.5, 0.6) is 5.75 Å². The summed E-state index contributed by atoms with van der Waals surface area (Å²) in [6.45, 7) is 2.01. The fraction of sp³-hybridized carbons (Fsp3) is 0.190. The average Bonchev–Trinajstić information content (AvgIpc) is 2.70. The lowest BCUT2D eigenvalue weighted by Crippen LogP contribution is -2.22. The molecule has 0 aromatic heterocycles. The zero-order valence-electron chi connectivity index (χ0n) is 16.1. The maximum atomic E-state index is 13.7. The Hall–Kier alpha value is -2.97. The highest BCUT2D eigenvalue weighted by atomic mass is 32.2. The first-order chi connectivity index (χ1) is 13.7. The van der Waals surface area contributed by atoms with E-state index in [1.165, 1.54) is 25.1 Å². The minimum Gasteiger partial charge on any atom is -0.497 e. The van der Waals surface area contributed by atoms with Crippen LogP contribution in [-0.2, 0) is 21.3 Å². The van der Waals surface area contributed by atoms with Crippen LogP contribution in [0.15, 0.2) is 65.6 Å². The van der Waals surface area contributed by atoms with Crippen LogP contribution in [0.25, 0.3) is 10.8 Å². The molecular formula is C21H22FNO5S. The molecule has 6 nitrogen and oxygen atoms in total. The third kappa shape index (κ3) is 6.55. The predicted octanol–water partition coefficient (Wildman–Crippen LogP) is 3.60. The van der Waals surface area contributed by atoms with Crippen molar-refractivity contribution in [2.45, 2.75) is 18.2 Å². The fourth-order valence-electron chi connectivity index (χ4n) is 2.66. The number of carbonyl (C=O) groups excluding carboxylic acids is 1. The number of nitrogens with one attached hydrogen (secondary N) is 1. The minimum absolute atomic E-state index is 0.0657. The monoisotopic (exact) mass is 419 g/mol. The molecular weight excluding hydrogens is 397 g/mol. The highest BCUT2D eigenvalue weighted by Crippen LogP contribution is 2.26. The average molecular weight is 419 g/mol. The van der Waals surface area contributed by atoms with Gasteiger partial charge in [0.2, 0.25) is 5.91 Å². The van der Waals surface area contributed by atoms with Crippen LogP contribution in [0.3, 0.4) is 0 Å². The molecule has 154 valence electrons. The van der Waals surface area contributed by atoms with Crippen LogP contribution in [0.2, 0.25) is 0 Å². The van der Waals surface area contributed by atoms with Gasteiger partial charge >= 0.3 is 0 Å². The summed E-state index contributed by atoms with van der Waals surface area (Å²) in [7, 11) is -2.42. The molecule has 0 aliphatic heterocycles. The van der Waals surface area contributed by atoms with Gasteiger partial charge in [0.05, 0.1) is 12.0 Å². The van der Waals surface area contributed by atoms with Crippen molar-refractivity contribution < 1.29 is 26.9 Å². The van der Waals surface area contributed by atoms with Gasteiger partial charge in [-0.2, -0.15) is 8.42 Å². The second-order valence-electron chi connectivity index (χ2n) is 6.14. The van der Waals surface area contributed by atoms with Gasteiger partial charge in [-0.25, -0.2) is 4.39 Å². The highest BCUT2D eigenvalue weighted by molar-refractivity contribution is 7.85. The van der Waals surface area contributed by atoms with E-state index in [1.54, 1.807) is 43.5 Å². The second kappa shape index (κ2) is 9.99. The minimum atomic E-state index is -4.00. The normalized spacial score (nSPS) is 10.8. The van der Waals surface area contributed by atoms with E-state index in [9.17, 15) is 17.6 Å². The molecule has 0 atom stereocenters. The first-order valence-corrected chi connectivity index (χ1v) is 10.2. The summed E-state index contributed by atoms with van der Waals surface area (Å²) < 4.78 is 48.1. The third-order valence-electron chi connectivity index (χ3n) is 4.07. The van der Waals surface area contributed by atoms with Gasteiger partial charge in [0, 0.05) is 18.9 Å². The van der Waals surface area contributed by atoms with Crippen molar-refractivity contribution in [3.8, 4) is 5.75 Å². The number of hydrogen-bond acceptors (Lipinski definition) is 4. The van der Waals surface area contributed by atoms with Crippen LogP contribution < -0.4 is 10.1 Å². The zero-order chi connectivity index (χ0) is 21.4. The van der Waals surface area contributed by atoms with Crippen molar-refractivity contribution >= 4 is 26.8 Å². The van der Waals surface area contributed by atoms with E-state index in [0.29, 0.717) is 24.1 Å². The summed E-state index contributed by atoms with van der Waals surface area (Å²) in [6, 6.07) is 15.9. The lowest BCUT2D eigenvalue weighted by molar-refractivity contribution is -0.118. The molecule has 0 fully saturated rings. The number of amides is 1. The number of methoxy groups -OCH3 is 1. The molecule has 3 rings (SSSR count). The Morgan fingerprint density at radius 3 is 2.31 bits per heavy atom. The molecule has 0 spiro atoms. The van der Waals surface area contributed by atoms with E-state index in [4.69, 9.17) is 9.29 Å². The summed E-state index contributed by atoms with van der Waals surface area (Å²) in [5.41, 5.74) is 0.990. The molecule has 0 saturated carbocycles. The highest BCUT2D eigenvalue weighted by Gasteiger charge is 2.08. The van der Waals surface area contributed by atoms with Gasteiger partial charge in [-0.1, -0.05) is 24.3 Å².